The Balaban J connectivity index is 1.08. The molecule has 2 unspecified atom stereocenters. The van der Waals surface area contributed by atoms with Crippen molar-refractivity contribution in [3.05, 3.63) is 54.1 Å². The van der Waals surface area contributed by atoms with Gasteiger partial charge in [0.1, 0.15) is 18.2 Å². The molecule has 174 valence electrons. The minimum Gasteiger partial charge on any atom is -0.347 e. The first kappa shape index (κ1) is 21.1. The van der Waals surface area contributed by atoms with E-state index in [9.17, 15) is 4.79 Å². The Bertz CT molecular complexity index is 1210. The van der Waals surface area contributed by atoms with E-state index < -0.39 is 0 Å². The second-order valence-electron chi connectivity index (χ2n) is 9.61. The van der Waals surface area contributed by atoms with Crippen molar-refractivity contribution < 1.29 is 4.79 Å². The van der Waals surface area contributed by atoms with Crippen molar-refractivity contribution in [1.82, 2.24) is 29.4 Å². The number of hydrogen-bond acceptors (Lipinski definition) is 7. The van der Waals surface area contributed by atoms with E-state index in [1.807, 2.05) is 28.8 Å². The molecule has 0 radical (unpaired) electrons. The lowest BCUT2D eigenvalue weighted by Crippen LogP contribution is -2.56. The largest absolute Gasteiger partial charge is 0.347 e. The summed E-state index contributed by atoms with van der Waals surface area (Å²) in [5, 5.41) is 13.4. The topological polar surface area (TPSA) is 93.7 Å². The Kier molecular flexibility index (Phi) is 5.38. The highest BCUT2D eigenvalue weighted by molar-refractivity contribution is 5.77. The number of hydrogen-bond donors (Lipinski definition) is 0. The molecule has 9 nitrogen and oxygen atoms in total. The quantitative estimate of drug-likeness (QED) is 0.538. The van der Waals surface area contributed by atoms with Crippen LogP contribution in [0.4, 0.5) is 5.82 Å². The molecule has 2 bridgehead atoms. The molecule has 0 N–H and O–H groups in total. The molecular weight excluding hydrogens is 428 g/mol. The van der Waals surface area contributed by atoms with E-state index in [0.717, 1.165) is 56.2 Å². The highest BCUT2D eigenvalue weighted by Crippen LogP contribution is 2.34. The second-order valence-corrected chi connectivity index (χ2v) is 9.61. The Labute approximate surface area is 198 Å². The van der Waals surface area contributed by atoms with Gasteiger partial charge in [-0.2, -0.15) is 10.4 Å². The first-order valence-corrected chi connectivity index (χ1v) is 12.1. The van der Waals surface area contributed by atoms with Gasteiger partial charge < -0.3 is 9.80 Å². The molecule has 6 rings (SSSR count). The number of carbonyl (C=O) groups is 1. The fourth-order valence-corrected chi connectivity index (χ4v) is 5.54. The minimum absolute atomic E-state index is 0.244. The minimum atomic E-state index is 0.244. The first-order valence-electron chi connectivity index (χ1n) is 12.1. The number of rotatable bonds is 7. The van der Waals surface area contributed by atoms with Gasteiger partial charge in [-0.1, -0.05) is 6.07 Å². The fraction of sp³-hybridized carbons (Fsp3) is 0.480. The predicted octanol–water partition coefficient (Wildman–Crippen LogP) is 2.23. The molecule has 3 aromatic rings. The molecule has 1 amide bonds. The summed E-state index contributed by atoms with van der Waals surface area (Å²) in [6.07, 6.45) is 8.31. The maximum Gasteiger partial charge on any atom is 0.224 e. The number of aromatic nitrogens is 4. The summed E-state index contributed by atoms with van der Waals surface area (Å²) in [4.78, 5) is 28.9. The zero-order chi connectivity index (χ0) is 23.1. The van der Waals surface area contributed by atoms with Crippen LogP contribution in [0.15, 0.2) is 42.9 Å². The molecule has 34 heavy (non-hydrogen) atoms. The van der Waals surface area contributed by atoms with Crippen LogP contribution in [0.25, 0.3) is 5.65 Å². The van der Waals surface area contributed by atoms with Crippen molar-refractivity contribution in [3.63, 3.8) is 0 Å². The monoisotopic (exact) mass is 456 g/mol. The molecule has 2 aliphatic heterocycles. The van der Waals surface area contributed by atoms with Gasteiger partial charge >= 0.3 is 0 Å². The van der Waals surface area contributed by atoms with Crippen LogP contribution >= 0.6 is 0 Å². The Morgan fingerprint density at radius 3 is 2.62 bits per heavy atom. The molecular formula is C25H28N8O. The van der Waals surface area contributed by atoms with Gasteiger partial charge in [-0.3, -0.25) is 9.69 Å². The molecule has 0 aromatic carbocycles. The van der Waals surface area contributed by atoms with Crippen LogP contribution in [-0.4, -0.2) is 73.0 Å². The summed E-state index contributed by atoms with van der Waals surface area (Å²) in [5.41, 5.74) is 2.54. The van der Waals surface area contributed by atoms with Gasteiger partial charge in [0.15, 0.2) is 5.65 Å². The number of anilines is 1. The Morgan fingerprint density at radius 2 is 1.91 bits per heavy atom. The van der Waals surface area contributed by atoms with Gasteiger partial charge in [0.2, 0.25) is 5.91 Å². The summed E-state index contributed by atoms with van der Waals surface area (Å²) in [6.45, 7) is 3.04. The fourth-order valence-electron chi connectivity index (χ4n) is 5.54. The zero-order valence-electron chi connectivity index (χ0n) is 19.1. The van der Waals surface area contributed by atoms with Crippen LogP contribution in [0.5, 0.6) is 0 Å². The SMILES string of the molecule is N#Cc1ccc(N2C3CCC2CN(C(=O)CCN(Cc2cccc4ncnn24)C2CC2)C3)nc1. The highest BCUT2D eigenvalue weighted by atomic mass is 16.2. The molecule has 5 heterocycles. The summed E-state index contributed by atoms with van der Waals surface area (Å²) < 4.78 is 1.89. The number of nitriles is 1. The maximum absolute atomic E-state index is 13.2. The molecule has 1 aliphatic carbocycles. The molecule has 2 saturated heterocycles. The highest BCUT2D eigenvalue weighted by Gasteiger charge is 2.42. The van der Waals surface area contributed by atoms with E-state index in [2.05, 4.69) is 41.9 Å². The van der Waals surface area contributed by atoms with Gasteiger partial charge in [0, 0.05) is 56.9 Å². The van der Waals surface area contributed by atoms with Crippen LogP contribution in [-0.2, 0) is 11.3 Å². The van der Waals surface area contributed by atoms with Crippen molar-refractivity contribution in [2.75, 3.05) is 24.5 Å². The lowest BCUT2D eigenvalue weighted by Gasteiger charge is -2.42. The smallest absolute Gasteiger partial charge is 0.224 e. The van der Waals surface area contributed by atoms with Crippen molar-refractivity contribution in [2.24, 2.45) is 0 Å². The summed E-state index contributed by atoms with van der Waals surface area (Å²) in [5.74, 6) is 1.16. The Morgan fingerprint density at radius 1 is 1.09 bits per heavy atom. The number of amides is 1. The summed E-state index contributed by atoms with van der Waals surface area (Å²) >= 11 is 0. The lowest BCUT2D eigenvalue weighted by molar-refractivity contribution is -0.132. The predicted molar refractivity (Wildman–Crippen MR) is 126 cm³/mol. The van der Waals surface area contributed by atoms with Crippen LogP contribution in [0.3, 0.4) is 0 Å². The average Bonchev–Trinajstić information content (AvgIpc) is 3.54. The van der Waals surface area contributed by atoms with Gasteiger partial charge in [0.05, 0.1) is 11.3 Å². The molecule has 3 aliphatic rings. The summed E-state index contributed by atoms with van der Waals surface area (Å²) in [6, 6.07) is 13.1. The van der Waals surface area contributed by atoms with Crippen LogP contribution < -0.4 is 4.90 Å². The van der Waals surface area contributed by atoms with E-state index in [1.54, 1.807) is 12.5 Å². The third kappa shape index (κ3) is 3.99. The Hall–Kier alpha value is -3.51. The van der Waals surface area contributed by atoms with Crippen molar-refractivity contribution in [3.8, 4) is 6.07 Å². The van der Waals surface area contributed by atoms with E-state index >= 15 is 0 Å². The van der Waals surface area contributed by atoms with E-state index in [1.165, 1.54) is 12.8 Å². The van der Waals surface area contributed by atoms with Gasteiger partial charge in [0.25, 0.3) is 0 Å². The molecule has 3 aromatic heterocycles. The van der Waals surface area contributed by atoms with Crippen LogP contribution in [0.2, 0.25) is 0 Å². The lowest BCUT2D eigenvalue weighted by atomic mass is 10.1. The number of pyridine rings is 2. The number of piperazine rings is 1. The van der Waals surface area contributed by atoms with Crippen LogP contribution in [0.1, 0.15) is 43.4 Å². The standard InChI is InChI=1S/C25H28N8O/c26-12-18-4-9-23(27-13-18)32-20-7-8-21(32)15-31(14-20)25(34)10-11-30(19-5-6-19)16-22-2-1-3-24-28-17-29-33(22)24/h1-4,9,13,17,19-21H,5-8,10-11,14-16H2. The van der Waals surface area contributed by atoms with E-state index in [-0.39, 0.29) is 5.91 Å². The zero-order valence-corrected chi connectivity index (χ0v) is 19.1. The van der Waals surface area contributed by atoms with E-state index in [0.29, 0.717) is 30.1 Å². The molecule has 3 fully saturated rings. The van der Waals surface area contributed by atoms with E-state index in [4.69, 9.17) is 5.26 Å². The molecule has 9 heteroatoms. The normalized spacial score (nSPS) is 21.9. The molecule has 0 spiro atoms. The third-order valence-electron chi connectivity index (χ3n) is 7.40. The van der Waals surface area contributed by atoms with Gasteiger partial charge in [-0.15, -0.1) is 0 Å². The summed E-state index contributed by atoms with van der Waals surface area (Å²) in [7, 11) is 0. The number of fused-ring (bicyclic) bond motifs is 3. The molecule has 2 atom stereocenters. The number of carbonyl (C=O) groups excluding carboxylic acids is 1. The average molecular weight is 457 g/mol. The van der Waals surface area contributed by atoms with Crippen LogP contribution in [0, 0.1) is 11.3 Å². The third-order valence-corrected chi connectivity index (χ3v) is 7.40. The van der Waals surface area contributed by atoms with Crippen molar-refractivity contribution in [2.45, 2.75) is 56.8 Å². The molecule has 1 saturated carbocycles. The van der Waals surface area contributed by atoms with Gasteiger partial charge in [-0.05, 0) is 49.9 Å². The first-order chi connectivity index (χ1) is 16.7. The van der Waals surface area contributed by atoms with Crippen molar-refractivity contribution in [1.29, 1.82) is 5.26 Å². The second kappa shape index (κ2) is 8.69. The van der Waals surface area contributed by atoms with Gasteiger partial charge in [-0.25, -0.2) is 14.5 Å². The van der Waals surface area contributed by atoms with Crippen molar-refractivity contribution >= 4 is 17.4 Å². The number of nitrogens with zero attached hydrogens (tertiary/aromatic N) is 8. The maximum atomic E-state index is 13.2. The number of likely N-dealkylation sites (tertiary alicyclic amines) is 1.